The molecule has 1 aliphatic heterocycles. The average molecular weight is 128 g/mol. The van der Waals surface area contributed by atoms with Crippen LogP contribution in [0.4, 0.5) is 0 Å². The summed E-state index contributed by atoms with van der Waals surface area (Å²) >= 11 is 0. The van der Waals surface area contributed by atoms with Gasteiger partial charge in [-0.2, -0.15) is 5.11 Å². The van der Waals surface area contributed by atoms with Crippen LogP contribution < -0.4 is 0 Å². The predicted octanol–water partition coefficient (Wildman–Crippen LogP) is 1.59. The molecule has 1 atom stereocenters. The molecule has 0 bridgehead atoms. The van der Waals surface area contributed by atoms with Crippen molar-refractivity contribution in [1.29, 1.82) is 5.53 Å². The molecule has 1 saturated heterocycles. The monoisotopic (exact) mass is 128 g/mol. The van der Waals surface area contributed by atoms with Gasteiger partial charge in [-0.3, -0.25) is 0 Å². The minimum Gasteiger partial charge on any atom is -0.378 e. The first-order chi connectivity index (χ1) is 4.43. The molecule has 1 fully saturated rings. The summed E-state index contributed by atoms with van der Waals surface area (Å²) < 4.78 is 5.31. The van der Waals surface area contributed by atoms with Crippen LogP contribution in [0.2, 0.25) is 0 Å². The summed E-state index contributed by atoms with van der Waals surface area (Å²) in [6, 6.07) is 0. The van der Waals surface area contributed by atoms with Crippen LogP contribution in [0.3, 0.4) is 0 Å². The molecule has 1 heterocycles. The fourth-order valence-electron chi connectivity index (χ4n) is 1.08. The second-order valence-corrected chi connectivity index (χ2v) is 2.31. The van der Waals surface area contributed by atoms with Crippen molar-refractivity contribution in [2.45, 2.75) is 25.4 Å². The van der Waals surface area contributed by atoms with Gasteiger partial charge in [-0.25, -0.2) is 5.53 Å². The van der Waals surface area contributed by atoms with E-state index in [-0.39, 0.29) is 0 Å². The minimum atomic E-state index is 0.402. The van der Waals surface area contributed by atoms with Crippen molar-refractivity contribution in [2.24, 2.45) is 5.11 Å². The van der Waals surface area contributed by atoms with E-state index in [1.165, 1.54) is 6.42 Å². The lowest BCUT2D eigenvalue weighted by atomic mass is 10.2. The van der Waals surface area contributed by atoms with E-state index < -0.39 is 0 Å². The van der Waals surface area contributed by atoms with Crippen molar-refractivity contribution in [2.75, 3.05) is 13.2 Å². The number of nitrogens with zero attached hydrogens (tertiary/aromatic N) is 1. The molecule has 0 aromatic carbocycles. The van der Waals surface area contributed by atoms with Crippen molar-refractivity contribution in [3.05, 3.63) is 0 Å². The van der Waals surface area contributed by atoms with E-state index in [1.54, 1.807) is 0 Å². The fourth-order valence-corrected chi connectivity index (χ4v) is 1.08. The topological polar surface area (TPSA) is 45.4 Å². The van der Waals surface area contributed by atoms with Crippen LogP contribution in [-0.2, 0) is 4.74 Å². The van der Waals surface area contributed by atoms with Gasteiger partial charge in [-0.15, -0.1) is 0 Å². The molecule has 9 heavy (non-hydrogen) atoms. The maximum Gasteiger partial charge on any atom is 0.0621 e. The Morgan fingerprint density at radius 3 is 3.11 bits per heavy atom. The number of ether oxygens (including phenoxy) is 1. The minimum absolute atomic E-state index is 0.402. The molecule has 0 spiro atoms. The van der Waals surface area contributed by atoms with Gasteiger partial charge in [0, 0.05) is 6.61 Å². The van der Waals surface area contributed by atoms with Crippen LogP contribution in [0.1, 0.15) is 19.3 Å². The molecule has 0 aromatic rings. The Morgan fingerprint density at radius 1 is 1.67 bits per heavy atom. The van der Waals surface area contributed by atoms with Crippen LogP contribution in [0.25, 0.3) is 0 Å². The van der Waals surface area contributed by atoms with Crippen LogP contribution in [-0.4, -0.2) is 19.3 Å². The first kappa shape index (κ1) is 6.68. The van der Waals surface area contributed by atoms with Crippen LogP contribution in [0.5, 0.6) is 0 Å². The Kier molecular flexibility index (Phi) is 2.64. The highest BCUT2D eigenvalue weighted by atomic mass is 16.5. The highest BCUT2D eigenvalue weighted by molar-refractivity contribution is 4.64. The van der Waals surface area contributed by atoms with Crippen LogP contribution >= 0.6 is 0 Å². The summed E-state index contributed by atoms with van der Waals surface area (Å²) in [4.78, 5) is 0. The third-order valence-corrected chi connectivity index (χ3v) is 1.59. The van der Waals surface area contributed by atoms with Crippen molar-refractivity contribution in [1.82, 2.24) is 0 Å². The first-order valence-corrected chi connectivity index (χ1v) is 3.38. The number of hydrogen-bond donors (Lipinski definition) is 1. The van der Waals surface area contributed by atoms with Gasteiger partial charge in [-0.05, 0) is 19.3 Å². The Morgan fingerprint density at radius 2 is 2.56 bits per heavy atom. The smallest absolute Gasteiger partial charge is 0.0621 e. The zero-order valence-corrected chi connectivity index (χ0v) is 5.47. The Hall–Kier alpha value is -0.440. The number of nitrogens with one attached hydrogen (secondary N) is 1. The largest absolute Gasteiger partial charge is 0.378 e. The molecule has 1 unspecified atom stereocenters. The standard InChI is InChI=1S/C6H12N2O/c7-8-4-3-6-2-1-5-9-6/h6-7H,1-5H2. The second kappa shape index (κ2) is 3.56. The lowest BCUT2D eigenvalue weighted by molar-refractivity contribution is 0.106. The molecule has 0 saturated carbocycles. The second-order valence-electron chi connectivity index (χ2n) is 2.31. The van der Waals surface area contributed by atoms with E-state index in [9.17, 15) is 0 Å². The molecule has 0 aliphatic carbocycles. The summed E-state index contributed by atoms with van der Waals surface area (Å²) in [7, 11) is 0. The van der Waals surface area contributed by atoms with Crippen molar-refractivity contribution >= 4 is 0 Å². The van der Waals surface area contributed by atoms with E-state index in [0.717, 1.165) is 19.4 Å². The SMILES string of the molecule is N=NCCC1CCCO1. The lowest BCUT2D eigenvalue weighted by Gasteiger charge is -2.04. The Bertz CT molecular complexity index is 89.1. The number of rotatable bonds is 3. The van der Waals surface area contributed by atoms with Crippen molar-refractivity contribution < 1.29 is 4.74 Å². The highest BCUT2D eigenvalue weighted by Gasteiger charge is 2.13. The van der Waals surface area contributed by atoms with E-state index in [2.05, 4.69) is 5.11 Å². The fraction of sp³-hybridized carbons (Fsp3) is 1.00. The van der Waals surface area contributed by atoms with E-state index >= 15 is 0 Å². The summed E-state index contributed by atoms with van der Waals surface area (Å²) in [5.74, 6) is 0. The van der Waals surface area contributed by atoms with Gasteiger partial charge >= 0.3 is 0 Å². The zero-order chi connectivity index (χ0) is 6.53. The van der Waals surface area contributed by atoms with Gasteiger partial charge in [-0.1, -0.05) is 0 Å². The normalized spacial score (nSPS) is 26.4. The zero-order valence-electron chi connectivity index (χ0n) is 5.47. The molecule has 0 aromatic heterocycles. The average Bonchev–Trinajstić information content (AvgIpc) is 2.34. The van der Waals surface area contributed by atoms with Gasteiger partial charge in [0.2, 0.25) is 0 Å². The van der Waals surface area contributed by atoms with E-state index in [4.69, 9.17) is 10.3 Å². The molecule has 52 valence electrons. The molecule has 0 radical (unpaired) electrons. The maximum atomic E-state index is 6.54. The Labute approximate surface area is 54.9 Å². The summed E-state index contributed by atoms with van der Waals surface area (Å²) in [5.41, 5.74) is 6.54. The summed E-state index contributed by atoms with van der Waals surface area (Å²) in [5, 5.41) is 3.27. The molecule has 1 aliphatic rings. The van der Waals surface area contributed by atoms with Gasteiger partial charge < -0.3 is 4.74 Å². The van der Waals surface area contributed by atoms with E-state index in [1.807, 2.05) is 0 Å². The lowest BCUT2D eigenvalue weighted by Crippen LogP contribution is -2.05. The van der Waals surface area contributed by atoms with Gasteiger partial charge in [0.25, 0.3) is 0 Å². The van der Waals surface area contributed by atoms with Gasteiger partial charge in [0.1, 0.15) is 0 Å². The van der Waals surface area contributed by atoms with Crippen LogP contribution in [0.15, 0.2) is 5.11 Å². The van der Waals surface area contributed by atoms with Crippen molar-refractivity contribution in [3.8, 4) is 0 Å². The molecule has 1 N–H and O–H groups in total. The first-order valence-electron chi connectivity index (χ1n) is 3.38. The highest BCUT2D eigenvalue weighted by Crippen LogP contribution is 2.14. The third kappa shape index (κ3) is 2.10. The summed E-state index contributed by atoms with van der Waals surface area (Å²) in [6.07, 6.45) is 3.68. The molecular weight excluding hydrogens is 116 g/mol. The molecule has 3 nitrogen and oxygen atoms in total. The molecule has 0 amide bonds. The van der Waals surface area contributed by atoms with Gasteiger partial charge in [0.15, 0.2) is 0 Å². The molecule has 1 rings (SSSR count). The predicted molar refractivity (Wildman–Crippen MR) is 33.6 cm³/mol. The van der Waals surface area contributed by atoms with E-state index in [0.29, 0.717) is 12.6 Å². The maximum absolute atomic E-state index is 6.54. The molecular formula is C6H12N2O. The molecule has 3 heteroatoms. The van der Waals surface area contributed by atoms with Crippen molar-refractivity contribution in [3.63, 3.8) is 0 Å². The van der Waals surface area contributed by atoms with Crippen LogP contribution in [0, 0.1) is 5.53 Å². The summed E-state index contributed by atoms with van der Waals surface area (Å²) in [6.45, 7) is 1.54. The number of hydrogen-bond acceptors (Lipinski definition) is 3. The Balaban J connectivity index is 2.04. The quantitative estimate of drug-likeness (QED) is 0.576. The van der Waals surface area contributed by atoms with Gasteiger partial charge in [0.05, 0.1) is 12.6 Å². The third-order valence-electron chi connectivity index (χ3n) is 1.59.